The van der Waals surface area contributed by atoms with Gasteiger partial charge in [-0.3, -0.25) is 0 Å². The maximum absolute atomic E-state index is 6.20. The average molecular weight is 266 g/mol. The highest BCUT2D eigenvalue weighted by Gasteiger charge is 2.40. The topological polar surface area (TPSA) is 12.5 Å². The second-order valence-electron chi connectivity index (χ2n) is 5.33. The third-order valence-corrected chi connectivity index (χ3v) is 4.66. The Hall–Kier alpha value is -0.570. The second-order valence-corrected chi connectivity index (χ2v) is 5.76. The van der Waals surface area contributed by atoms with Gasteiger partial charge in [0.15, 0.2) is 0 Å². The predicted octanol–water partition coefficient (Wildman–Crippen LogP) is 3.22. The monoisotopic (exact) mass is 265 g/mol. The van der Waals surface area contributed by atoms with E-state index < -0.39 is 0 Å². The van der Waals surface area contributed by atoms with E-state index in [0.29, 0.717) is 0 Å². The maximum atomic E-state index is 6.20. The number of nitrogens with zero attached hydrogens (tertiary/aromatic N) is 1. The fourth-order valence-corrected chi connectivity index (χ4v) is 3.44. The normalized spacial score (nSPS) is 23.0. The Morgan fingerprint density at radius 1 is 1.33 bits per heavy atom. The van der Waals surface area contributed by atoms with Gasteiger partial charge in [-0.2, -0.15) is 0 Å². The molecule has 1 spiro atoms. The van der Waals surface area contributed by atoms with E-state index in [1.807, 2.05) is 6.07 Å². The second kappa shape index (κ2) is 4.84. The molecule has 0 bridgehead atoms. The third-order valence-electron chi connectivity index (χ3n) is 4.42. The van der Waals surface area contributed by atoms with Gasteiger partial charge in [0, 0.05) is 18.1 Å². The van der Waals surface area contributed by atoms with Gasteiger partial charge in [-0.25, -0.2) is 0 Å². The Bertz CT molecular complexity index is 438. The number of fused-ring (bicyclic) bond motifs is 2. The lowest BCUT2D eigenvalue weighted by molar-refractivity contribution is -0.0973. The molecule has 2 aliphatic rings. The molecule has 1 fully saturated rings. The largest absolute Gasteiger partial charge is 0.370 e. The summed E-state index contributed by atoms with van der Waals surface area (Å²) < 4.78 is 6.20. The zero-order valence-corrected chi connectivity index (χ0v) is 11.7. The van der Waals surface area contributed by atoms with Gasteiger partial charge in [0.1, 0.15) is 0 Å². The van der Waals surface area contributed by atoms with E-state index in [-0.39, 0.29) is 5.60 Å². The fourth-order valence-electron chi connectivity index (χ4n) is 3.27. The SMILES string of the molecule is CCN1CCC2(CC1)OCCc1ccc(Cl)cc12. The number of piperidine rings is 1. The molecule has 1 saturated heterocycles. The number of halogens is 1. The molecule has 2 nitrogen and oxygen atoms in total. The molecule has 0 aromatic heterocycles. The van der Waals surface area contributed by atoms with Gasteiger partial charge in [-0.05, 0) is 49.1 Å². The summed E-state index contributed by atoms with van der Waals surface area (Å²) >= 11 is 6.17. The van der Waals surface area contributed by atoms with Crippen molar-refractivity contribution in [2.24, 2.45) is 0 Å². The number of ether oxygens (including phenoxy) is 1. The smallest absolute Gasteiger partial charge is 0.0959 e. The molecular formula is C15H20ClNO. The lowest BCUT2D eigenvalue weighted by Crippen LogP contribution is -2.46. The quantitative estimate of drug-likeness (QED) is 0.773. The van der Waals surface area contributed by atoms with Gasteiger partial charge < -0.3 is 9.64 Å². The Morgan fingerprint density at radius 3 is 2.83 bits per heavy atom. The first-order chi connectivity index (χ1) is 8.73. The summed E-state index contributed by atoms with van der Waals surface area (Å²) in [6.45, 7) is 6.47. The van der Waals surface area contributed by atoms with Crippen molar-refractivity contribution in [2.75, 3.05) is 26.2 Å². The van der Waals surface area contributed by atoms with Gasteiger partial charge in [0.05, 0.1) is 12.2 Å². The zero-order valence-electron chi connectivity index (χ0n) is 10.9. The summed E-state index contributed by atoms with van der Waals surface area (Å²) in [6.07, 6.45) is 3.20. The third kappa shape index (κ3) is 2.07. The van der Waals surface area contributed by atoms with Crippen molar-refractivity contribution in [3.63, 3.8) is 0 Å². The molecule has 1 aromatic rings. The molecule has 0 N–H and O–H groups in total. The molecule has 0 aliphatic carbocycles. The minimum Gasteiger partial charge on any atom is -0.370 e. The summed E-state index contributed by atoms with van der Waals surface area (Å²) in [6, 6.07) is 6.30. The molecule has 3 heteroatoms. The molecular weight excluding hydrogens is 246 g/mol. The first-order valence-corrected chi connectivity index (χ1v) is 7.26. The van der Waals surface area contributed by atoms with Crippen LogP contribution < -0.4 is 0 Å². The van der Waals surface area contributed by atoms with Gasteiger partial charge in [-0.15, -0.1) is 0 Å². The minimum absolute atomic E-state index is 0.0653. The lowest BCUT2D eigenvalue weighted by Gasteiger charge is -2.45. The number of likely N-dealkylation sites (tertiary alicyclic amines) is 1. The van der Waals surface area contributed by atoms with Crippen molar-refractivity contribution < 1.29 is 4.74 Å². The fraction of sp³-hybridized carbons (Fsp3) is 0.600. The average Bonchev–Trinajstić information content (AvgIpc) is 2.41. The highest BCUT2D eigenvalue weighted by atomic mass is 35.5. The molecule has 1 aromatic carbocycles. The van der Waals surface area contributed by atoms with Crippen LogP contribution in [0.25, 0.3) is 0 Å². The number of rotatable bonds is 1. The van der Waals surface area contributed by atoms with Crippen LogP contribution in [0, 0.1) is 0 Å². The van der Waals surface area contributed by atoms with Crippen LogP contribution >= 0.6 is 11.6 Å². The molecule has 2 aliphatic heterocycles. The zero-order chi connectivity index (χ0) is 12.6. The van der Waals surface area contributed by atoms with Gasteiger partial charge >= 0.3 is 0 Å². The Balaban J connectivity index is 1.93. The van der Waals surface area contributed by atoms with Crippen molar-refractivity contribution in [2.45, 2.75) is 31.8 Å². The van der Waals surface area contributed by atoms with Crippen LogP contribution in [0.3, 0.4) is 0 Å². The molecule has 2 heterocycles. The Morgan fingerprint density at radius 2 is 2.11 bits per heavy atom. The molecule has 0 radical (unpaired) electrons. The number of hydrogen-bond donors (Lipinski definition) is 0. The van der Waals surface area contributed by atoms with Crippen LogP contribution in [0.2, 0.25) is 5.02 Å². The van der Waals surface area contributed by atoms with Gasteiger partial charge in [0.2, 0.25) is 0 Å². The standard InChI is InChI=1S/C15H20ClNO/c1-2-17-8-6-15(7-9-17)14-11-13(16)4-3-12(14)5-10-18-15/h3-4,11H,2,5-10H2,1H3. The van der Waals surface area contributed by atoms with Crippen LogP contribution in [0.5, 0.6) is 0 Å². The van der Waals surface area contributed by atoms with Gasteiger partial charge in [-0.1, -0.05) is 24.6 Å². The summed E-state index contributed by atoms with van der Waals surface area (Å²) in [4.78, 5) is 2.49. The van der Waals surface area contributed by atoms with Crippen LogP contribution in [0.4, 0.5) is 0 Å². The Kier molecular flexibility index (Phi) is 3.35. The number of benzene rings is 1. The van der Waals surface area contributed by atoms with E-state index in [9.17, 15) is 0 Å². The molecule has 0 atom stereocenters. The van der Waals surface area contributed by atoms with Crippen molar-refractivity contribution >= 4 is 11.6 Å². The summed E-state index contributed by atoms with van der Waals surface area (Å²) in [5.74, 6) is 0. The molecule has 0 unspecified atom stereocenters. The summed E-state index contributed by atoms with van der Waals surface area (Å²) in [5, 5.41) is 0.830. The number of hydrogen-bond acceptors (Lipinski definition) is 2. The lowest BCUT2D eigenvalue weighted by atomic mass is 9.79. The van der Waals surface area contributed by atoms with Crippen LogP contribution in [-0.2, 0) is 16.8 Å². The molecule has 0 saturated carbocycles. The van der Waals surface area contributed by atoms with E-state index in [0.717, 1.165) is 50.5 Å². The van der Waals surface area contributed by atoms with Crippen molar-refractivity contribution in [1.29, 1.82) is 0 Å². The molecule has 3 rings (SSSR count). The van der Waals surface area contributed by atoms with E-state index in [1.165, 1.54) is 11.1 Å². The van der Waals surface area contributed by atoms with Crippen molar-refractivity contribution in [1.82, 2.24) is 4.90 Å². The van der Waals surface area contributed by atoms with Crippen molar-refractivity contribution in [3.05, 3.63) is 34.3 Å². The Labute approximate surface area is 114 Å². The van der Waals surface area contributed by atoms with E-state index in [1.54, 1.807) is 0 Å². The van der Waals surface area contributed by atoms with Crippen LogP contribution in [0.15, 0.2) is 18.2 Å². The molecule has 18 heavy (non-hydrogen) atoms. The summed E-state index contributed by atoms with van der Waals surface area (Å²) in [5.41, 5.74) is 2.71. The van der Waals surface area contributed by atoms with E-state index >= 15 is 0 Å². The van der Waals surface area contributed by atoms with Gasteiger partial charge in [0.25, 0.3) is 0 Å². The predicted molar refractivity (Wildman–Crippen MR) is 74.1 cm³/mol. The maximum Gasteiger partial charge on any atom is 0.0959 e. The molecule has 0 amide bonds. The van der Waals surface area contributed by atoms with Crippen molar-refractivity contribution in [3.8, 4) is 0 Å². The van der Waals surface area contributed by atoms with E-state index in [2.05, 4.69) is 24.0 Å². The highest BCUT2D eigenvalue weighted by Crippen LogP contribution is 2.42. The van der Waals surface area contributed by atoms with E-state index in [4.69, 9.17) is 16.3 Å². The first kappa shape index (κ1) is 12.5. The minimum atomic E-state index is -0.0653. The summed E-state index contributed by atoms with van der Waals surface area (Å²) in [7, 11) is 0. The molecule has 98 valence electrons. The van der Waals surface area contributed by atoms with Crippen LogP contribution in [0.1, 0.15) is 30.9 Å². The first-order valence-electron chi connectivity index (χ1n) is 6.89. The van der Waals surface area contributed by atoms with Crippen LogP contribution in [-0.4, -0.2) is 31.1 Å². The highest BCUT2D eigenvalue weighted by molar-refractivity contribution is 6.30.